The molecule has 2 heterocycles. The number of benzene rings is 1. The van der Waals surface area contributed by atoms with Gasteiger partial charge in [-0.25, -0.2) is 4.98 Å². The molecule has 3 aromatic rings. The van der Waals surface area contributed by atoms with E-state index in [0.29, 0.717) is 5.92 Å². The zero-order chi connectivity index (χ0) is 15.1. The summed E-state index contributed by atoms with van der Waals surface area (Å²) in [6.07, 6.45) is 2.16. The molecule has 0 fully saturated rings. The van der Waals surface area contributed by atoms with Crippen LogP contribution in [0.3, 0.4) is 0 Å². The van der Waals surface area contributed by atoms with Crippen LogP contribution in [0.15, 0.2) is 41.0 Å². The van der Waals surface area contributed by atoms with Crippen molar-refractivity contribution < 1.29 is 0 Å². The predicted octanol–water partition coefficient (Wildman–Crippen LogP) is 5.53. The smallest absolute Gasteiger partial charge is 0.145 e. The molecule has 0 unspecified atom stereocenters. The van der Waals surface area contributed by atoms with Crippen molar-refractivity contribution in [3.8, 4) is 5.69 Å². The van der Waals surface area contributed by atoms with Gasteiger partial charge in [0.15, 0.2) is 0 Å². The van der Waals surface area contributed by atoms with Gasteiger partial charge in [-0.1, -0.05) is 19.9 Å². The molecule has 0 amide bonds. The number of fused-ring (bicyclic) bond motifs is 1. The summed E-state index contributed by atoms with van der Waals surface area (Å²) >= 11 is 3.72. The van der Waals surface area contributed by atoms with Crippen molar-refractivity contribution in [3.63, 3.8) is 0 Å². The Hall–Kier alpha value is -1.61. The van der Waals surface area contributed by atoms with E-state index in [2.05, 4.69) is 77.8 Å². The molecule has 0 atom stereocenters. The monoisotopic (exact) mass is 342 g/mol. The molecule has 3 heteroatoms. The molecule has 0 aliphatic carbocycles. The minimum Gasteiger partial charge on any atom is -0.300 e. The first kappa shape index (κ1) is 14.3. The van der Waals surface area contributed by atoms with Gasteiger partial charge < -0.3 is 0 Å². The summed E-state index contributed by atoms with van der Waals surface area (Å²) in [6, 6.07) is 10.8. The highest BCUT2D eigenvalue weighted by Gasteiger charge is 2.12. The van der Waals surface area contributed by atoms with Gasteiger partial charge in [0.25, 0.3) is 0 Å². The molecule has 2 aromatic heterocycles. The van der Waals surface area contributed by atoms with E-state index in [9.17, 15) is 0 Å². The summed E-state index contributed by atoms with van der Waals surface area (Å²) in [5.74, 6) is 0.527. The summed E-state index contributed by atoms with van der Waals surface area (Å²) in [6.45, 7) is 8.58. The molecule has 0 radical (unpaired) electrons. The van der Waals surface area contributed by atoms with Crippen LogP contribution < -0.4 is 0 Å². The number of hydrogen-bond donors (Lipinski definition) is 0. The molecule has 108 valence electrons. The first-order valence-electron chi connectivity index (χ1n) is 7.22. The van der Waals surface area contributed by atoms with E-state index in [-0.39, 0.29) is 0 Å². The van der Waals surface area contributed by atoms with E-state index in [1.54, 1.807) is 0 Å². The SMILES string of the molecule is Cc1ccc2c(C)cn(-c3ccc(C(C)C)cc3Br)c2n1. The zero-order valence-corrected chi connectivity index (χ0v) is 14.4. The number of halogens is 1. The van der Waals surface area contributed by atoms with E-state index >= 15 is 0 Å². The highest BCUT2D eigenvalue weighted by molar-refractivity contribution is 9.10. The van der Waals surface area contributed by atoms with E-state index in [1.807, 2.05) is 6.92 Å². The molecular weight excluding hydrogens is 324 g/mol. The van der Waals surface area contributed by atoms with Crippen molar-refractivity contribution in [2.24, 2.45) is 0 Å². The summed E-state index contributed by atoms with van der Waals surface area (Å²) in [5, 5.41) is 1.21. The van der Waals surface area contributed by atoms with Gasteiger partial charge in [-0.05, 0) is 71.1 Å². The van der Waals surface area contributed by atoms with Crippen LogP contribution in [-0.2, 0) is 0 Å². The van der Waals surface area contributed by atoms with Crippen LogP contribution in [-0.4, -0.2) is 9.55 Å². The molecule has 0 bridgehead atoms. The quantitative estimate of drug-likeness (QED) is 0.598. The van der Waals surface area contributed by atoms with Gasteiger partial charge in [0.05, 0.1) is 5.69 Å². The summed E-state index contributed by atoms with van der Waals surface area (Å²) in [5.41, 5.74) is 5.78. The second-order valence-electron chi connectivity index (χ2n) is 5.87. The Kier molecular flexibility index (Phi) is 3.62. The van der Waals surface area contributed by atoms with Gasteiger partial charge in [-0.15, -0.1) is 0 Å². The molecule has 0 N–H and O–H groups in total. The Bertz CT molecular complexity index is 815. The molecule has 0 saturated heterocycles. The summed E-state index contributed by atoms with van der Waals surface area (Å²) in [7, 11) is 0. The third-order valence-electron chi connectivity index (χ3n) is 3.89. The van der Waals surface area contributed by atoms with Gasteiger partial charge in [-0.3, -0.25) is 4.57 Å². The number of nitrogens with zero attached hydrogens (tertiary/aromatic N) is 2. The fourth-order valence-electron chi connectivity index (χ4n) is 2.62. The van der Waals surface area contributed by atoms with Crippen molar-refractivity contribution >= 4 is 27.0 Å². The lowest BCUT2D eigenvalue weighted by Gasteiger charge is -2.11. The fraction of sp³-hybridized carbons (Fsp3) is 0.278. The highest BCUT2D eigenvalue weighted by atomic mass is 79.9. The Morgan fingerprint density at radius 2 is 1.86 bits per heavy atom. The fourth-order valence-corrected chi connectivity index (χ4v) is 3.21. The number of pyridine rings is 1. The zero-order valence-electron chi connectivity index (χ0n) is 12.8. The summed E-state index contributed by atoms with van der Waals surface area (Å²) in [4.78, 5) is 4.71. The first-order valence-corrected chi connectivity index (χ1v) is 8.02. The second kappa shape index (κ2) is 5.30. The minimum atomic E-state index is 0.527. The Balaban J connectivity index is 2.23. The van der Waals surface area contributed by atoms with E-state index in [0.717, 1.165) is 21.5 Å². The van der Waals surface area contributed by atoms with E-state index in [1.165, 1.54) is 16.5 Å². The molecule has 1 aromatic carbocycles. The first-order chi connectivity index (χ1) is 9.97. The minimum absolute atomic E-state index is 0.527. The predicted molar refractivity (Wildman–Crippen MR) is 92.3 cm³/mol. The number of hydrogen-bond acceptors (Lipinski definition) is 1. The van der Waals surface area contributed by atoms with Crippen LogP contribution >= 0.6 is 15.9 Å². The molecule has 3 rings (SSSR count). The lowest BCUT2D eigenvalue weighted by Crippen LogP contribution is -1.97. The van der Waals surface area contributed by atoms with Crippen LogP contribution in [0.25, 0.3) is 16.7 Å². The largest absolute Gasteiger partial charge is 0.300 e. The number of rotatable bonds is 2. The topological polar surface area (TPSA) is 17.8 Å². The van der Waals surface area contributed by atoms with Crippen molar-refractivity contribution in [3.05, 3.63) is 57.8 Å². The third kappa shape index (κ3) is 2.51. The molecule has 2 nitrogen and oxygen atoms in total. The van der Waals surface area contributed by atoms with Crippen molar-refractivity contribution in [1.29, 1.82) is 0 Å². The van der Waals surface area contributed by atoms with Crippen LogP contribution in [0.1, 0.15) is 36.6 Å². The Morgan fingerprint density at radius 1 is 1.10 bits per heavy atom. The lowest BCUT2D eigenvalue weighted by atomic mass is 10.0. The Morgan fingerprint density at radius 3 is 2.52 bits per heavy atom. The highest BCUT2D eigenvalue weighted by Crippen LogP contribution is 2.30. The third-order valence-corrected chi connectivity index (χ3v) is 4.52. The van der Waals surface area contributed by atoms with Crippen molar-refractivity contribution in [2.75, 3.05) is 0 Å². The average Bonchev–Trinajstić information content (AvgIpc) is 2.75. The van der Waals surface area contributed by atoms with Gasteiger partial charge in [0, 0.05) is 21.7 Å². The van der Waals surface area contributed by atoms with Crippen molar-refractivity contribution in [2.45, 2.75) is 33.6 Å². The Labute approximate surface area is 134 Å². The van der Waals surface area contributed by atoms with Crippen LogP contribution in [0.4, 0.5) is 0 Å². The molecule has 0 aliphatic rings. The molecule has 0 aliphatic heterocycles. The normalized spacial score (nSPS) is 11.5. The molecular formula is C18H19BrN2. The maximum absolute atomic E-state index is 4.71. The molecule has 21 heavy (non-hydrogen) atoms. The van der Waals surface area contributed by atoms with Crippen molar-refractivity contribution in [1.82, 2.24) is 9.55 Å². The van der Waals surface area contributed by atoms with E-state index in [4.69, 9.17) is 4.98 Å². The van der Waals surface area contributed by atoms with Crippen LogP contribution in [0, 0.1) is 13.8 Å². The standard InChI is InChI=1S/C18H19BrN2/c1-11(2)14-6-8-17(16(19)9-14)21-10-12(3)15-7-5-13(4)20-18(15)21/h5-11H,1-4H3. The van der Waals surface area contributed by atoms with Gasteiger partial charge in [-0.2, -0.15) is 0 Å². The second-order valence-corrected chi connectivity index (χ2v) is 6.73. The average molecular weight is 343 g/mol. The van der Waals surface area contributed by atoms with Crippen LogP contribution in [0.2, 0.25) is 0 Å². The van der Waals surface area contributed by atoms with Crippen LogP contribution in [0.5, 0.6) is 0 Å². The van der Waals surface area contributed by atoms with E-state index < -0.39 is 0 Å². The van der Waals surface area contributed by atoms with Gasteiger partial charge in [0.1, 0.15) is 5.65 Å². The maximum Gasteiger partial charge on any atom is 0.145 e. The summed E-state index contributed by atoms with van der Waals surface area (Å²) < 4.78 is 3.28. The number of aromatic nitrogens is 2. The van der Waals surface area contributed by atoms with Gasteiger partial charge >= 0.3 is 0 Å². The molecule has 0 saturated carbocycles. The maximum atomic E-state index is 4.71. The lowest BCUT2D eigenvalue weighted by molar-refractivity contribution is 0.864. The molecule has 0 spiro atoms. The number of aryl methyl sites for hydroxylation is 2. The van der Waals surface area contributed by atoms with Gasteiger partial charge in [0.2, 0.25) is 0 Å².